The Balaban J connectivity index is 1.98. The number of amides is 1. The summed E-state index contributed by atoms with van der Waals surface area (Å²) in [6, 6.07) is 3.56. The van der Waals surface area contributed by atoms with Crippen molar-refractivity contribution < 1.29 is 18.8 Å². The van der Waals surface area contributed by atoms with Crippen molar-refractivity contribution in [1.29, 1.82) is 5.26 Å². The quantitative estimate of drug-likeness (QED) is 0.843. The van der Waals surface area contributed by atoms with Crippen LogP contribution in [0.4, 0.5) is 5.00 Å². The summed E-state index contributed by atoms with van der Waals surface area (Å²) >= 11 is 1.22. The van der Waals surface area contributed by atoms with Gasteiger partial charge in [0, 0.05) is 5.92 Å². The number of rotatable bonds is 5. The molecule has 2 aromatic heterocycles. The lowest BCUT2D eigenvalue weighted by atomic mass is 10.1. The van der Waals surface area contributed by atoms with Crippen LogP contribution >= 0.6 is 11.3 Å². The Morgan fingerprint density at radius 2 is 2.26 bits per heavy atom. The number of hydrogen-bond donors (Lipinski definition) is 1. The minimum atomic E-state index is -0.658. The second-order valence-electron chi connectivity index (χ2n) is 5.06. The van der Waals surface area contributed by atoms with Crippen LogP contribution in [0.25, 0.3) is 0 Å². The first-order valence-corrected chi connectivity index (χ1v) is 7.72. The average Bonchev–Trinajstić information content (AvgIpc) is 3.11. The molecule has 1 amide bonds. The third-order valence-electron chi connectivity index (χ3n) is 2.99. The minimum absolute atomic E-state index is 0.0307. The van der Waals surface area contributed by atoms with E-state index in [0.717, 1.165) is 0 Å². The smallest absolute Gasteiger partial charge is 0.344 e. The van der Waals surface area contributed by atoms with Crippen LogP contribution in [0.2, 0.25) is 0 Å². The van der Waals surface area contributed by atoms with Crippen molar-refractivity contribution in [1.82, 2.24) is 5.16 Å². The van der Waals surface area contributed by atoms with Crippen molar-refractivity contribution in [2.24, 2.45) is 0 Å². The van der Waals surface area contributed by atoms with Crippen LogP contribution < -0.4 is 5.32 Å². The molecule has 0 aliphatic heterocycles. The Kier molecular flexibility index (Phi) is 5.13. The maximum Gasteiger partial charge on any atom is 0.344 e. The number of nitriles is 1. The summed E-state index contributed by atoms with van der Waals surface area (Å²) in [7, 11) is 0. The van der Waals surface area contributed by atoms with Gasteiger partial charge in [0.2, 0.25) is 0 Å². The second kappa shape index (κ2) is 7.07. The molecule has 0 unspecified atom stereocenters. The van der Waals surface area contributed by atoms with Crippen molar-refractivity contribution in [3.05, 3.63) is 34.0 Å². The van der Waals surface area contributed by atoms with E-state index in [2.05, 4.69) is 10.5 Å². The van der Waals surface area contributed by atoms with E-state index < -0.39 is 18.5 Å². The van der Waals surface area contributed by atoms with Crippen LogP contribution in [0.5, 0.6) is 0 Å². The predicted molar refractivity (Wildman–Crippen MR) is 83.3 cm³/mol. The molecule has 0 spiro atoms. The molecule has 0 bridgehead atoms. The van der Waals surface area contributed by atoms with Gasteiger partial charge in [-0.3, -0.25) is 4.79 Å². The Labute approximate surface area is 136 Å². The van der Waals surface area contributed by atoms with E-state index in [4.69, 9.17) is 14.5 Å². The fourth-order valence-corrected chi connectivity index (χ4v) is 2.64. The summed E-state index contributed by atoms with van der Waals surface area (Å²) < 4.78 is 10.1. The molecule has 2 aromatic rings. The molecule has 120 valence electrons. The molecule has 2 heterocycles. The van der Waals surface area contributed by atoms with Gasteiger partial charge in [-0.15, -0.1) is 11.3 Å². The van der Waals surface area contributed by atoms with Gasteiger partial charge in [0.05, 0.1) is 11.3 Å². The first-order chi connectivity index (χ1) is 10.9. The molecule has 0 radical (unpaired) electrons. The molecule has 0 saturated heterocycles. The Morgan fingerprint density at radius 3 is 2.91 bits per heavy atom. The van der Waals surface area contributed by atoms with Crippen LogP contribution in [0.3, 0.4) is 0 Å². The van der Waals surface area contributed by atoms with Gasteiger partial charge < -0.3 is 14.6 Å². The normalized spacial score (nSPS) is 10.4. The van der Waals surface area contributed by atoms with Crippen LogP contribution in [-0.2, 0) is 9.53 Å². The summed E-state index contributed by atoms with van der Waals surface area (Å²) in [5.41, 5.74) is 1.04. The third-order valence-corrected chi connectivity index (χ3v) is 3.82. The van der Waals surface area contributed by atoms with E-state index in [1.165, 1.54) is 11.3 Å². The van der Waals surface area contributed by atoms with Crippen molar-refractivity contribution in [3.63, 3.8) is 0 Å². The topological polar surface area (TPSA) is 105 Å². The number of aryl methyl sites for hydroxylation is 1. The van der Waals surface area contributed by atoms with E-state index in [1.807, 2.05) is 19.9 Å². The summed E-state index contributed by atoms with van der Waals surface area (Å²) in [5.74, 6) is -0.776. The number of anilines is 1. The summed E-state index contributed by atoms with van der Waals surface area (Å²) in [5, 5.41) is 17.3. The zero-order valence-electron chi connectivity index (χ0n) is 12.9. The number of carbonyl (C=O) groups excluding carboxylic acids is 2. The number of hydrogen-bond acceptors (Lipinski definition) is 7. The van der Waals surface area contributed by atoms with Gasteiger partial charge in [-0.1, -0.05) is 19.0 Å². The number of nitrogens with zero attached hydrogens (tertiary/aromatic N) is 2. The molecular weight excluding hydrogens is 318 g/mol. The van der Waals surface area contributed by atoms with Crippen molar-refractivity contribution in [3.8, 4) is 6.07 Å². The maximum atomic E-state index is 12.1. The third kappa shape index (κ3) is 3.76. The molecular formula is C15H15N3O4S. The zero-order chi connectivity index (χ0) is 17.0. The van der Waals surface area contributed by atoms with Crippen molar-refractivity contribution in [2.45, 2.75) is 26.7 Å². The van der Waals surface area contributed by atoms with Crippen molar-refractivity contribution >= 4 is 28.2 Å². The van der Waals surface area contributed by atoms with Gasteiger partial charge in [0.25, 0.3) is 5.91 Å². The molecule has 7 nitrogen and oxygen atoms in total. The van der Waals surface area contributed by atoms with Gasteiger partial charge >= 0.3 is 5.97 Å². The Bertz CT molecular complexity index is 770. The number of aromatic nitrogens is 1. The Morgan fingerprint density at radius 1 is 1.52 bits per heavy atom. The lowest BCUT2D eigenvalue weighted by molar-refractivity contribution is -0.119. The molecule has 2 rings (SSSR count). The average molecular weight is 333 g/mol. The van der Waals surface area contributed by atoms with Gasteiger partial charge in [0.1, 0.15) is 16.6 Å². The molecule has 23 heavy (non-hydrogen) atoms. The highest BCUT2D eigenvalue weighted by molar-refractivity contribution is 7.14. The molecule has 0 aliphatic carbocycles. The molecule has 0 fully saturated rings. The van der Waals surface area contributed by atoms with E-state index >= 15 is 0 Å². The fourth-order valence-electron chi connectivity index (χ4n) is 1.89. The van der Waals surface area contributed by atoms with Crippen molar-refractivity contribution in [2.75, 3.05) is 11.9 Å². The molecule has 0 aliphatic rings. The number of nitrogens with one attached hydrogen (secondary N) is 1. The van der Waals surface area contributed by atoms with Crippen LogP contribution in [0.15, 0.2) is 16.0 Å². The highest BCUT2D eigenvalue weighted by Gasteiger charge is 2.24. The maximum absolute atomic E-state index is 12.1. The predicted octanol–water partition coefficient (Wildman–Crippen LogP) is 2.84. The van der Waals surface area contributed by atoms with E-state index in [0.29, 0.717) is 22.0 Å². The second-order valence-corrected chi connectivity index (χ2v) is 5.98. The lowest BCUT2D eigenvalue weighted by Crippen LogP contribution is -2.21. The van der Waals surface area contributed by atoms with E-state index in [9.17, 15) is 9.59 Å². The van der Waals surface area contributed by atoms with Gasteiger partial charge in [0.15, 0.2) is 12.4 Å². The molecule has 0 aromatic carbocycles. The number of carbonyl (C=O) groups is 2. The molecule has 8 heteroatoms. The van der Waals surface area contributed by atoms with Gasteiger partial charge in [-0.2, -0.15) is 5.26 Å². The summed E-state index contributed by atoms with van der Waals surface area (Å²) in [6.45, 7) is 4.91. The largest absolute Gasteiger partial charge is 0.452 e. The first-order valence-electron chi connectivity index (χ1n) is 6.84. The van der Waals surface area contributed by atoms with Gasteiger partial charge in [-0.25, -0.2) is 4.79 Å². The fraction of sp³-hybridized carbons (Fsp3) is 0.333. The molecule has 0 atom stereocenters. The molecule has 0 saturated carbocycles. The Hall–Kier alpha value is -2.66. The van der Waals surface area contributed by atoms with E-state index in [1.54, 1.807) is 18.4 Å². The highest BCUT2D eigenvalue weighted by Crippen LogP contribution is 2.23. The molecule has 1 N–H and O–H groups in total. The summed E-state index contributed by atoms with van der Waals surface area (Å²) in [6.07, 6.45) is 0. The van der Waals surface area contributed by atoms with Crippen LogP contribution in [0.1, 0.15) is 47.1 Å². The van der Waals surface area contributed by atoms with Gasteiger partial charge in [-0.05, 0) is 18.4 Å². The highest BCUT2D eigenvalue weighted by atomic mass is 32.1. The number of esters is 1. The van der Waals surface area contributed by atoms with E-state index in [-0.39, 0.29) is 11.5 Å². The first kappa shape index (κ1) is 16.7. The summed E-state index contributed by atoms with van der Waals surface area (Å²) in [4.78, 5) is 24.0. The SMILES string of the molecule is Cc1noc(C(C)C)c1C(=O)OCC(=O)Nc1sccc1C#N. The zero-order valence-corrected chi connectivity index (χ0v) is 13.7. The lowest BCUT2D eigenvalue weighted by Gasteiger charge is -2.07. The number of ether oxygens (including phenoxy) is 1. The van der Waals surface area contributed by atoms with Crippen LogP contribution in [-0.4, -0.2) is 23.6 Å². The minimum Gasteiger partial charge on any atom is -0.452 e. The monoisotopic (exact) mass is 333 g/mol. The number of thiophene rings is 1. The standard InChI is InChI=1S/C15H15N3O4S/c1-8(2)13-12(9(3)18-22-13)15(20)21-7-11(19)17-14-10(6-16)4-5-23-14/h4-5,8H,7H2,1-3H3,(H,17,19). The van der Waals surface area contributed by atoms with Crippen LogP contribution in [0, 0.1) is 18.3 Å².